The Morgan fingerprint density at radius 3 is 2.40 bits per heavy atom. The average molecular weight is 473 g/mol. The molecule has 3 aromatic carbocycles. The number of benzene rings is 3. The first kappa shape index (κ1) is 23.4. The van der Waals surface area contributed by atoms with E-state index in [0.717, 1.165) is 0 Å². The fourth-order valence-corrected chi connectivity index (χ4v) is 3.56. The zero-order valence-corrected chi connectivity index (χ0v) is 19.2. The molecule has 0 aliphatic heterocycles. The predicted octanol–water partition coefficient (Wildman–Crippen LogP) is 3.46. The van der Waals surface area contributed by atoms with Crippen molar-refractivity contribution in [2.45, 2.75) is 6.92 Å². The van der Waals surface area contributed by atoms with Crippen LogP contribution in [0.4, 0.5) is 11.4 Å². The van der Waals surface area contributed by atoms with E-state index < -0.39 is 11.8 Å². The van der Waals surface area contributed by atoms with Crippen LogP contribution in [0.5, 0.6) is 11.5 Å². The highest BCUT2D eigenvalue weighted by molar-refractivity contribution is 6.05. The molecular weight excluding hydrogens is 448 g/mol. The van der Waals surface area contributed by atoms with Crippen LogP contribution < -0.4 is 20.9 Å². The molecule has 0 bridgehead atoms. The maximum absolute atomic E-state index is 13.0. The van der Waals surface area contributed by atoms with Crippen molar-refractivity contribution in [2.24, 2.45) is 7.05 Å². The minimum absolute atomic E-state index is 0.0681. The summed E-state index contributed by atoms with van der Waals surface area (Å²) in [6.45, 7) is 1.42. The van der Waals surface area contributed by atoms with Gasteiger partial charge in [-0.05, 0) is 49.4 Å². The molecule has 0 spiro atoms. The van der Waals surface area contributed by atoms with E-state index in [1.165, 1.54) is 16.8 Å². The van der Waals surface area contributed by atoms with Gasteiger partial charge in [0.05, 0.1) is 11.4 Å². The van der Waals surface area contributed by atoms with Crippen molar-refractivity contribution in [1.29, 1.82) is 0 Å². The Morgan fingerprint density at radius 1 is 0.943 bits per heavy atom. The Morgan fingerprint density at radius 2 is 1.66 bits per heavy atom. The fourth-order valence-electron chi connectivity index (χ4n) is 3.56. The normalized spacial score (nSPS) is 10.6. The lowest BCUT2D eigenvalue weighted by atomic mass is 10.2. The van der Waals surface area contributed by atoms with Crippen LogP contribution in [0, 0.1) is 6.92 Å². The molecule has 35 heavy (non-hydrogen) atoms. The lowest BCUT2D eigenvalue weighted by Crippen LogP contribution is -2.23. The molecule has 0 aliphatic carbocycles. The van der Waals surface area contributed by atoms with Gasteiger partial charge in [-0.3, -0.25) is 19.1 Å². The number of nitrogens with zero attached hydrogens (tertiary/aromatic N) is 2. The highest BCUT2D eigenvalue weighted by Gasteiger charge is 2.19. The summed E-state index contributed by atoms with van der Waals surface area (Å²) in [4.78, 5) is 38.2. The predicted molar refractivity (Wildman–Crippen MR) is 132 cm³/mol. The van der Waals surface area contributed by atoms with Gasteiger partial charge in [0, 0.05) is 18.3 Å². The third-order valence-corrected chi connectivity index (χ3v) is 5.43. The van der Waals surface area contributed by atoms with Gasteiger partial charge < -0.3 is 20.5 Å². The number of rotatable bonds is 7. The molecule has 0 fully saturated rings. The average Bonchev–Trinajstić information content (AvgIpc) is 3.07. The summed E-state index contributed by atoms with van der Waals surface area (Å²) in [6, 6.07) is 21.8. The van der Waals surface area contributed by atoms with Crippen LogP contribution in [0.1, 0.15) is 16.1 Å². The number of carbonyl (C=O) groups excluding carboxylic acids is 2. The molecule has 0 atom stereocenters. The van der Waals surface area contributed by atoms with E-state index in [4.69, 9.17) is 4.74 Å². The van der Waals surface area contributed by atoms with E-state index in [0.29, 0.717) is 17.1 Å². The van der Waals surface area contributed by atoms with Gasteiger partial charge in [0.15, 0.2) is 18.1 Å². The van der Waals surface area contributed by atoms with Crippen LogP contribution in [0.25, 0.3) is 5.69 Å². The first-order chi connectivity index (χ1) is 16.8. The van der Waals surface area contributed by atoms with Crippen molar-refractivity contribution in [3.8, 4) is 17.2 Å². The van der Waals surface area contributed by atoms with E-state index in [-0.39, 0.29) is 34.9 Å². The molecule has 4 aromatic rings. The molecule has 4 rings (SSSR count). The zero-order valence-electron chi connectivity index (χ0n) is 19.2. The van der Waals surface area contributed by atoms with Gasteiger partial charge in [0.1, 0.15) is 5.69 Å². The Bertz CT molecular complexity index is 1440. The zero-order chi connectivity index (χ0) is 24.9. The molecule has 0 saturated heterocycles. The molecular formula is C26H24N4O5. The van der Waals surface area contributed by atoms with E-state index in [1.54, 1.807) is 55.1 Å². The topological polar surface area (TPSA) is 115 Å². The third kappa shape index (κ3) is 5.09. The molecule has 2 amide bonds. The standard InChI is InChI=1S/C26H24N4O5/c1-17-24(26(34)30(29(17)2)20-11-4-3-5-12-20)28-25(33)18-9-8-10-19(15-18)27-23(32)16-35-22-14-7-6-13-21(22)31/h3-15,31H,16H2,1-2H3,(H,27,32)(H,28,33). The Balaban J connectivity index is 1.46. The molecule has 0 aliphatic rings. The summed E-state index contributed by atoms with van der Waals surface area (Å²) in [5.74, 6) is -0.829. The number of ether oxygens (including phenoxy) is 1. The number of carbonyl (C=O) groups is 2. The fraction of sp³-hybridized carbons (Fsp3) is 0.115. The number of hydrogen-bond acceptors (Lipinski definition) is 5. The van der Waals surface area contributed by atoms with Gasteiger partial charge in [0.25, 0.3) is 17.4 Å². The lowest BCUT2D eigenvalue weighted by Gasteiger charge is -2.10. The molecule has 9 nitrogen and oxygen atoms in total. The van der Waals surface area contributed by atoms with Gasteiger partial charge in [-0.15, -0.1) is 0 Å². The maximum Gasteiger partial charge on any atom is 0.295 e. The summed E-state index contributed by atoms with van der Waals surface area (Å²) >= 11 is 0. The van der Waals surface area contributed by atoms with Crippen LogP contribution in [-0.2, 0) is 11.8 Å². The molecule has 1 aromatic heterocycles. The number of nitrogens with one attached hydrogen (secondary N) is 2. The van der Waals surface area contributed by atoms with Crippen LogP contribution >= 0.6 is 0 Å². The van der Waals surface area contributed by atoms with Gasteiger partial charge >= 0.3 is 0 Å². The summed E-state index contributed by atoms with van der Waals surface area (Å²) in [6.07, 6.45) is 0. The van der Waals surface area contributed by atoms with E-state index >= 15 is 0 Å². The van der Waals surface area contributed by atoms with Crippen LogP contribution in [-0.4, -0.2) is 32.9 Å². The minimum atomic E-state index is -0.488. The summed E-state index contributed by atoms with van der Waals surface area (Å²) in [5.41, 5.74) is 1.74. The molecule has 9 heteroatoms. The number of aromatic nitrogens is 2. The largest absolute Gasteiger partial charge is 0.504 e. The van der Waals surface area contributed by atoms with Gasteiger partial charge in [-0.2, -0.15) is 0 Å². The van der Waals surface area contributed by atoms with E-state index in [2.05, 4.69) is 10.6 Å². The van der Waals surface area contributed by atoms with Crippen LogP contribution in [0.2, 0.25) is 0 Å². The molecule has 178 valence electrons. The number of aromatic hydroxyl groups is 1. The number of anilines is 2. The first-order valence-electron chi connectivity index (χ1n) is 10.8. The smallest absolute Gasteiger partial charge is 0.295 e. The number of phenolic OH excluding ortho intramolecular Hbond substituents is 1. The Hall–Kier alpha value is -4.79. The number of hydrogen-bond donors (Lipinski definition) is 3. The summed E-state index contributed by atoms with van der Waals surface area (Å²) < 4.78 is 8.48. The maximum atomic E-state index is 13.0. The van der Waals surface area contributed by atoms with Crippen molar-refractivity contribution in [2.75, 3.05) is 17.2 Å². The van der Waals surface area contributed by atoms with Crippen LogP contribution in [0.15, 0.2) is 83.7 Å². The van der Waals surface area contributed by atoms with Gasteiger partial charge in [0.2, 0.25) is 0 Å². The van der Waals surface area contributed by atoms with Crippen molar-refractivity contribution in [1.82, 2.24) is 9.36 Å². The van der Waals surface area contributed by atoms with Crippen molar-refractivity contribution < 1.29 is 19.4 Å². The second-order valence-corrected chi connectivity index (χ2v) is 7.78. The van der Waals surface area contributed by atoms with E-state index in [9.17, 15) is 19.5 Å². The SMILES string of the molecule is Cc1c(NC(=O)c2cccc(NC(=O)COc3ccccc3O)c2)c(=O)n(-c2ccccc2)n1C. The van der Waals surface area contributed by atoms with Crippen molar-refractivity contribution >= 4 is 23.2 Å². The van der Waals surface area contributed by atoms with Crippen molar-refractivity contribution in [3.05, 3.63) is 100 Å². The Labute approximate surface area is 201 Å². The van der Waals surface area contributed by atoms with Crippen LogP contribution in [0.3, 0.4) is 0 Å². The second kappa shape index (κ2) is 10.0. The molecule has 3 N–H and O–H groups in total. The number of amides is 2. The van der Waals surface area contributed by atoms with Gasteiger partial charge in [-0.1, -0.05) is 36.4 Å². The first-order valence-corrected chi connectivity index (χ1v) is 10.8. The van der Waals surface area contributed by atoms with Crippen molar-refractivity contribution in [3.63, 3.8) is 0 Å². The third-order valence-electron chi connectivity index (χ3n) is 5.43. The van der Waals surface area contributed by atoms with E-state index in [1.807, 2.05) is 30.3 Å². The van der Waals surface area contributed by atoms with Gasteiger partial charge in [-0.25, -0.2) is 4.68 Å². The quantitative estimate of drug-likeness (QED) is 0.381. The molecule has 0 unspecified atom stereocenters. The molecule has 1 heterocycles. The monoisotopic (exact) mass is 472 g/mol. The number of para-hydroxylation sites is 3. The minimum Gasteiger partial charge on any atom is -0.504 e. The highest BCUT2D eigenvalue weighted by Crippen LogP contribution is 2.24. The second-order valence-electron chi connectivity index (χ2n) is 7.78. The highest BCUT2D eigenvalue weighted by atomic mass is 16.5. The summed E-state index contributed by atoms with van der Waals surface area (Å²) in [5, 5.41) is 15.1. The lowest BCUT2D eigenvalue weighted by molar-refractivity contribution is -0.118. The molecule has 0 saturated carbocycles. The Kier molecular flexibility index (Phi) is 6.68. The number of phenols is 1. The molecule has 0 radical (unpaired) electrons. The summed E-state index contributed by atoms with van der Waals surface area (Å²) in [7, 11) is 1.74.